The van der Waals surface area contributed by atoms with Crippen LogP contribution in [0.5, 0.6) is 11.5 Å². The number of amides is 1. The molecule has 4 aromatic rings. The zero-order valence-electron chi connectivity index (χ0n) is 20.5. The van der Waals surface area contributed by atoms with E-state index in [9.17, 15) is 26.4 Å². The Morgan fingerprint density at radius 1 is 1.15 bits per heavy atom. The molecule has 206 valence electrons. The van der Waals surface area contributed by atoms with Crippen LogP contribution in [0.2, 0.25) is 5.02 Å². The molecule has 1 amide bonds. The number of aromatic nitrogens is 3. The Morgan fingerprint density at radius 3 is 2.64 bits per heavy atom. The van der Waals surface area contributed by atoms with Gasteiger partial charge in [0.2, 0.25) is 5.91 Å². The maximum atomic E-state index is 13.0. The first-order chi connectivity index (χ1) is 18.5. The second-order valence-corrected chi connectivity index (χ2v) is 9.72. The topological polar surface area (TPSA) is 106 Å². The number of hydrogen-bond donors (Lipinski definition) is 2. The number of thiol groups is 1. The molecular weight excluding hydrogens is 559 g/mol. The van der Waals surface area contributed by atoms with E-state index < -0.39 is 34.1 Å². The standard InChI is InChI=1S/C25H23ClF3N5O4S/c1-2-33(22(35)14-39(36)37)10-11-34-9-8-20-23(34)24(31-15-30-20)32-17-6-7-21(19(26)13-17)38-18-5-3-4-16(12-18)25(27,28)29/h3-9,12-13,15,39H,2,10-11,14H2,1H3,(H,30,31,32). The maximum absolute atomic E-state index is 13.0. The number of hydrogen-bond acceptors (Lipinski definition) is 7. The molecule has 39 heavy (non-hydrogen) atoms. The third kappa shape index (κ3) is 6.98. The number of fused-ring (bicyclic) bond motifs is 1. The first-order valence-electron chi connectivity index (χ1n) is 11.7. The Balaban J connectivity index is 1.52. The number of likely N-dealkylation sites (N-methyl/N-ethyl adjacent to an activating group) is 1. The number of alkyl halides is 3. The van der Waals surface area contributed by atoms with Crippen LogP contribution in [-0.4, -0.2) is 52.6 Å². The van der Waals surface area contributed by atoms with Gasteiger partial charge in [0, 0.05) is 31.5 Å². The molecular formula is C25H23ClF3N5O4S. The zero-order valence-corrected chi connectivity index (χ0v) is 22.1. The van der Waals surface area contributed by atoms with Crippen molar-refractivity contribution in [3.05, 3.63) is 71.6 Å². The van der Waals surface area contributed by atoms with E-state index in [0.29, 0.717) is 35.6 Å². The molecule has 1 N–H and O–H groups in total. The average molecular weight is 582 g/mol. The highest BCUT2D eigenvalue weighted by Crippen LogP contribution is 2.36. The first-order valence-corrected chi connectivity index (χ1v) is 13.4. The Morgan fingerprint density at radius 2 is 1.95 bits per heavy atom. The van der Waals surface area contributed by atoms with E-state index in [1.54, 1.807) is 31.3 Å². The molecule has 0 saturated carbocycles. The van der Waals surface area contributed by atoms with E-state index in [2.05, 4.69) is 15.3 Å². The van der Waals surface area contributed by atoms with Gasteiger partial charge in [-0.05, 0) is 49.4 Å². The van der Waals surface area contributed by atoms with Crippen LogP contribution in [0.4, 0.5) is 24.7 Å². The fourth-order valence-electron chi connectivity index (χ4n) is 3.87. The third-order valence-electron chi connectivity index (χ3n) is 5.74. The minimum absolute atomic E-state index is 0.00973. The molecule has 0 aliphatic rings. The minimum Gasteiger partial charge on any atom is -0.456 e. The van der Waals surface area contributed by atoms with Crippen molar-refractivity contribution in [1.82, 2.24) is 19.4 Å². The summed E-state index contributed by atoms with van der Waals surface area (Å²) in [7, 11) is -2.81. The van der Waals surface area contributed by atoms with Crippen molar-refractivity contribution in [2.24, 2.45) is 0 Å². The minimum atomic E-state index is -4.50. The van der Waals surface area contributed by atoms with Crippen molar-refractivity contribution in [3.8, 4) is 11.5 Å². The van der Waals surface area contributed by atoms with Crippen molar-refractivity contribution < 1.29 is 31.1 Å². The summed E-state index contributed by atoms with van der Waals surface area (Å²) < 4.78 is 68.3. The largest absolute Gasteiger partial charge is 0.456 e. The molecule has 0 fully saturated rings. The van der Waals surface area contributed by atoms with Gasteiger partial charge in [-0.1, -0.05) is 17.7 Å². The Bertz CT molecular complexity index is 1570. The quantitative estimate of drug-likeness (QED) is 0.251. The van der Waals surface area contributed by atoms with Gasteiger partial charge in [-0.3, -0.25) is 4.79 Å². The van der Waals surface area contributed by atoms with Gasteiger partial charge in [-0.25, -0.2) is 18.4 Å². The Hall–Kier alpha value is -3.84. The van der Waals surface area contributed by atoms with Crippen LogP contribution in [0.1, 0.15) is 12.5 Å². The Labute approximate surface area is 228 Å². The summed E-state index contributed by atoms with van der Waals surface area (Å²) >= 11 is 6.36. The Kier molecular flexibility index (Phi) is 8.60. The molecule has 0 atom stereocenters. The van der Waals surface area contributed by atoms with Gasteiger partial charge in [0.1, 0.15) is 39.8 Å². The fourth-order valence-corrected chi connectivity index (χ4v) is 4.51. The summed E-state index contributed by atoms with van der Waals surface area (Å²) in [5.41, 5.74) is 0.989. The average Bonchev–Trinajstić information content (AvgIpc) is 3.29. The maximum Gasteiger partial charge on any atom is 0.416 e. The van der Waals surface area contributed by atoms with E-state index >= 15 is 0 Å². The second-order valence-electron chi connectivity index (χ2n) is 8.33. The summed E-state index contributed by atoms with van der Waals surface area (Å²) in [6.07, 6.45) is -1.33. The summed E-state index contributed by atoms with van der Waals surface area (Å²) in [6, 6.07) is 11.0. The van der Waals surface area contributed by atoms with Gasteiger partial charge < -0.3 is 19.5 Å². The van der Waals surface area contributed by atoms with E-state index in [-0.39, 0.29) is 23.1 Å². The van der Waals surface area contributed by atoms with E-state index in [0.717, 1.165) is 12.1 Å². The number of halogens is 4. The van der Waals surface area contributed by atoms with Crippen molar-refractivity contribution >= 4 is 50.8 Å². The predicted octanol–water partition coefficient (Wildman–Crippen LogP) is 5.10. The van der Waals surface area contributed by atoms with Crippen molar-refractivity contribution in [2.75, 3.05) is 24.2 Å². The number of anilines is 2. The van der Waals surface area contributed by atoms with Gasteiger partial charge in [0.25, 0.3) is 0 Å². The fraction of sp³-hybridized carbons (Fsp3) is 0.240. The summed E-state index contributed by atoms with van der Waals surface area (Å²) in [4.78, 5) is 22.2. The van der Waals surface area contributed by atoms with Crippen LogP contribution in [-0.2, 0) is 28.2 Å². The molecule has 4 rings (SSSR count). The molecule has 0 bridgehead atoms. The first kappa shape index (κ1) is 28.2. The van der Waals surface area contributed by atoms with Gasteiger partial charge in [0.05, 0.1) is 16.1 Å². The second kappa shape index (κ2) is 11.9. The zero-order chi connectivity index (χ0) is 28.2. The molecule has 14 heteroatoms. The molecule has 0 spiro atoms. The van der Waals surface area contributed by atoms with Crippen molar-refractivity contribution in [1.29, 1.82) is 0 Å². The van der Waals surface area contributed by atoms with Gasteiger partial charge >= 0.3 is 6.18 Å². The lowest BCUT2D eigenvalue weighted by molar-refractivity contribution is -0.137. The van der Waals surface area contributed by atoms with E-state index in [4.69, 9.17) is 16.3 Å². The lowest BCUT2D eigenvalue weighted by Crippen LogP contribution is -2.35. The summed E-state index contributed by atoms with van der Waals surface area (Å²) in [5, 5.41) is 3.32. The highest BCUT2D eigenvalue weighted by molar-refractivity contribution is 7.73. The molecule has 0 unspecified atom stereocenters. The smallest absolute Gasteiger partial charge is 0.416 e. The van der Waals surface area contributed by atoms with Crippen LogP contribution < -0.4 is 10.1 Å². The summed E-state index contributed by atoms with van der Waals surface area (Å²) in [5.74, 6) is -0.405. The van der Waals surface area contributed by atoms with Crippen LogP contribution in [0.3, 0.4) is 0 Å². The van der Waals surface area contributed by atoms with Crippen molar-refractivity contribution in [2.45, 2.75) is 19.6 Å². The van der Waals surface area contributed by atoms with Gasteiger partial charge in [-0.2, -0.15) is 13.2 Å². The molecule has 9 nitrogen and oxygen atoms in total. The molecule has 0 radical (unpaired) electrons. The molecule has 2 aromatic heterocycles. The molecule has 2 heterocycles. The molecule has 2 aromatic carbocycles. The monoisotopic (exact) mass is 581 g/mol. The third-order valence-corrected chi connectivity index (χ3v) is 6.57. The highest BCUT2D eigenvalue weighted by Gasteiger charge is 2.30. The van der Waals surface area contributed by atoms with Gasteiger partial charge in [-0.15, -0.1) is 0 Å². The van der Waals surface area contributed by atoms with Crippen LogP contribution in [0.25, 0.3) is 11.0 Å². The van der Waals surface area contributed by atoms with Crippen molar-refractivity contribution in [3.63, 3.8) is 0 Å². The van der Waals surface area contributed by atoms with Crippen LogP contribution in [0, 0.1) is 0 Å². The van der Waals surface area contributed by atoms with E-state index in [1.165, 1.54) is 29.4 Å². The van der Waals surface area contributed by atoms with Gasteiger partial charge in [0.15, 0.2) is 5.82 Å². The number of benzene rings is 2. The molecule has 0 saturated heterocycles. The SMILES string of the molecule is CCN(CCn1ccc2ncnc(Nc3ccc(Oc4cccc(C(F)(F)F)c4)c(Cl)c3)c21)C(=O)C[SH](=O)=O. The lowest BCUT2D eigenvalue weighted by Gasteiger charge is -2.20. The number of carbonyl (C=O) groups excluding carboxylic acids is 1. The summed E-state index contributed by atoms with van der Waals surface area (Å²) in [6.45, 7) is 2.77. The van der Waals surface area contributed by atoms with Crippen LogP contribution in [0.15, 0.2) is 61.1 Å². The number of rotatable bonds is 10. The molecule has 0 aliphatic carbocycles. The molecule has 0 aliphatic heterocycles. The lowest BCUT2D eigenvalue weighted by atomic mass is 10.2. The van der Waals surface area contributed by atoms with Crippen LogP contribution >= 0.6 is 11.6 Å². The number of nitrogens with zero attached hydrogens (tertiary/aromatic N) is 4. The number of nitrogens with one attached hydrogen (secondary N) is 1. The highest BCUT2D eigenvalue weighted by atomic mass is 35.5. The number of carbonyl (C=O) groups is 1. The normalized spacial score (nSPS) is 11.6. The van der Waals surface area contributed by atoms with E-state index in [1.807, 2.05) is 4.57 Å². The predicted molar refractivity (Wildman–Crippen MR) is 141 cm³/mol. The number of ether oxygens (including phenoxy) is 1.